The van der Waals surface area contributed by atoms with E-state index in [1.54, 1.807) is 12.5 Å². The highest BCUT2D eigenvalue weighted by Crippen LogP contribution is 2.27. The van der Waals surface area contributed by atoms with Gasteiger partial charge < -0.3 is 14.4 Å². The average molecular weight is 376 g/mol. The van der Waals surface area contributed by atoms with Crippen LogP contribution >= 0.6 is 0 Å². The monoisotopic (exact) mass is 376 g/mol. The molecule has 6 heterocycles. The first-order valence-corrected chi connectivity index (χ1v) is 9.40. The standard InChI is InChI=1S/C24H16N4O/c1-2-17-10-19-5-6-21(27-19)13-24-23(15-7-8-29-14-15)12-22(28-24)11-20-4-3-18(26-20)9-16(1)25-17/h1-14,26,28H. The number of nitrogens with zero attached hydrogens (tertiary/aromatic N) is 2. The van der Waals surface area contributed by atoms with Crippen LogP contribution in [0.15, 0.2) is 65.5 Å². The van der Waals surface area contributed by atoms with Crippen LogP contribution in [0.1, 0.15) is 22.8 Å². The Hall–Kier alpha value is -4.12. The van der Waals surface area contributed by atoms with Crippen molar-refractivity contribution in [3.8, 4) is 11.1 Å². The molecule has 0 saturated heterocycles. The van der Waals surface area contributed by atoms with Gasteiger partial charge >= 0.3 is 0 Å². The van der Waals surface area contributed by atoms with Gasteiger partial charge in [-0.3, -0.25) is 0 Å². The van der Waals surface area contributed by atoms with Crippen LogP contribution in [0.4, 0.5) is 0 Å². The SMILES string of the molecule is C1=Cc2cc3ccc(cc4cc(-c5ccoc5)c(cc5nc(cc1n2)C=C5)[nH]4)[nH]3. The van der Waals surface area contributed by atoms with Crippen molar-refractivity contribution in [2.75, 3.05) is 0 Å². The van der Waals surface area contributed by atoms with Crippen molar-refractivity contribution < 1.29 is 4.42 Å². The quantitative estimate of drug-likeness (QED) is 0.374. The lowest BCUT2D eigenvalue weighted by atomic mass is 10.1. The Labute approximate surface area is 166 Å². The van der Waals surface area contributed by atoms with Crippen LogP contribution in [0, 0.1) is 0 Å². The number of hydrogen-bond donors (Lipinski definition) is 2. The molecule has 5 nitrogen and oxygen atoms in total. The highest BCUT2D eigenvalue weighted by molar-refractivity contribution is 5.87. The van der Waals surface area contributed by atoms with Crippen LogP contribution in [0.5, 0.6) is 0 Å². The van der Waals surface area contributed by atoms with Gasteiger partial charge in [-0.25, -0.2) is 9.97 Å². The largest absolute Gasteiger partial charge is 0.472 e. The number of nitrogens with one attached hydrogen (secondary N) is 2. The van der Waals surface area contributed by atoms with Crippen molar-refractivity contribution in [2.45, 2.75) is 0 Å². The van der Waals surface area contributed by atoms with Crippen molar-refractivity contribution in [2.24, 2.45) is 0 Å². The molecule has 0 atom stereocenters. The molecular formula is C24H16N4O. The van der Waals surface area contributed by atoms with E-state index >= 15 is 0 Å². The van der Waals surface area contributed by atoms with E-state index in [-0.39, 0.29) is 0 Å². The molecule has 4 aromatic heterocycles. The maximum atomic E-state index is 5.30. The predicted octanol–water partition coefficient (Wildman–Crippen LogP) is 5.92. The number of rotatable bonds is 1. The summed E-state index contributed by atoms with van der Waals surface area (Å²) >= 11 is 0. The number of fused-ring (bicyclic) bond motifs is 8. The average Bonchev–Trinajstić information content (AvgIpc) is 3.50. The summed E-state index contributed by atoms with van der Waals surface area (Å²) in [7, 11) is 0. The molecule has 29 heavy (non-hydrogen) atoms. The Morgan fingerprint density at radius 3 is 2.03 bits per heavy atom. The second kappa shape index (κ2) is 6.21. The number of hydrogen-bond acceptors (Lipinski definition) is 3. The van der Waals surface area contributed by atoms with Crippen LogP contribution in [-0.2, 0) is 0 Å². The van der Waals surface area contributed by atoms with Gasteiger partial charge in [0.15, 0.2) is 0 Å². The molecule has 0 amide bonds. The first kappa shape index (κ1) is 15.9. The molecule has 2 aliphatic rings. The highest BCUT2D eigenvalue weighted by Gasteiger charge is 2.07. The van der Waals surface area contributed by atoms with Crippen molar-refractivity contribution in [1.29, 1.82) is 0 Å². The minimum Gasteiger partial charge on any atom is -0.472 e. The van der Waals surface area contributed by atoms with Crippen molar-refractivity contribution in [3.05, 3.63) is 83.8 Å². The van der Waals surface area contributed by atoms with Crippen LogP contribution in [0.2, 0.25) is 0 Å². The Bertz CT molecular complexity index is 1450. The van der Waals surface area contributed by atoms with Gasteiger partial charge in [-0.1, -0.05) is 0 Å². The molecular weight excluding hydrogens is 360 g/mol. The fourth-order valence-electron chi connectivity index (χ4n) is 3.67. The molecule has 2 N–H and O–H groups in total. The fraction of sp³-hybridized carbons (Fsp3) is 0. The molecule has 0 radical (unpaired) electrons. The number of furan rings is 1. The zero-order chi connectivity index (χ0) is 19.2. The van der Waals surface area contributed by atoms with Gasteiger partial charge in [-0.15, -0.1) is 0 Å². The van der Waals surface area contributed by atoms with Crippen molar-refractivity contribution in [1.82, 2.24) is 19.9 Å². The van der Waals surface area contributed by atoms with E-state index in [1.807, 2.05) is 42.5 Å². The third-order valence-electron chi connectivity index (χ3n) is 5.00. The van der Waals surface area contributed by atoms with E-state index in [2.05, 4.69) is 45.3 Å². The summed E-state index contributed by atoms with van der Waals surface area (Å²) in [4.78, 5) is 16.3. The molecule has 0 aliphatic carbocycles. The van der Waals surface area contributed by atoms with Gasteiger partial charge in [0.1, 0.15) is 0 Å². The predicted molar refractivity (Wildman–Crippen MR) is 117 cm³/mol. The topological polar surface area (TPSA) is 70.5 Å². The van der Waals surface area contributed by atoms with E-state index in [4.69, 9.17) is 9.40 Å². The smallest absolute Gasteiger partial charge is 0.0981 e. The first-order chi connectivity index (χ1) is 14.3. The second-order valence-electron chi connectivity index (χ2n) is 7.10. The Balaban J connectivity index is 1.70. The summed E-state index contributed by atoms with van der Waals surface area (Å²) in [6, 6.07) is 16.4. The van der Waals surface area contributed by atoms with E-state index in [9.17, 15) is 0 Å². The molecule has 138 valence electrons. The molecule has 2 aliphatic heterocycles. The van der Waals surface area contributed by atoms with Crippen LogP contribution in [0.3, 0.4) is 0 Å². The fourth-order valence-corrected chi connectivity index (χ4v) is 3.67. The Kier molecular flexibility index (Phi) is 3.40. The third-order valence-corrected chi connectivity index (χ3v) is 5.00. The van der Waals surface area contributed by atoms with Crippen molar-refractivity contribution in [3.63, 3.8) is 0 Å². The molecule has 5 heteroatoms. The third kappa shape index (κ3) is 2.99. The van der Waals surface area contributed by atoms with Crippen molar-refractivity contribution >= 4 is 46.4 Å². The maximum Gasteiger partial charge on any atom is 0.0981 e. The molecule has 0 spiro atoms. The summed E-state index contributed by atoms with van der Waals surface area (Å²) in [5, 5.41) is 0. The number of aromatic nitrogens is 4. The van der Waals surface area contributed by atoms with E-state index in [0.29, 0.717) is 0 Å². The summed E-state index contributed by atoms with van der Waals surface area (Å²) in [5.41, 5.74) is 9.70. The Morgan fingerprint density at radius 1 is 0.621 bits per heavy atom. The lowest BCUT2D eigenvalue weighted by molar-refractivity contribution is 0.568. The van der Waals surface area contributed by atoms with Crippen LogP contribution in [0.25, 0.3) is 57.5 Å². The highest BCUT2D eigenvalue weighted by atomic mass is 16.3. The molecule has 8 bridgehead atoms. The lowest BCUT2D eigenvalue weighted by Crippen LogP contribution is -1.78. The van der Waals surface area contributed by atoms with E-state index in [0.717, 1.165) is 56.0 Å². The van der Waals surface area contributed by atoms with Crippen LogP contribution < -0.4 is 0 Å². The normalized spacial score (nSPS) is 12.6. The summed E-state index contributed by atoms with van der Waals surface area (Å²) in [5.74, 6) is 0. The van der Waals surface area contributed by atoms with Gasteiger partial charge in [-0.2, -0.15) is 0 Å². The maximum absolute atomic E-state index is 5.30. The van der Waals surface area contributed by atoms with Gasteiger partial charge in [0.05, 0.1) is 35.3 Å². The molecule has 0 unspecified atom stereocenters. The zero-order valence-corrected chi connectivity index (χ0v) is 15.4. The van der Waals surface area contributed by atoms with Gasteiger partial charge in [0.25, 0.3) is 0 Å². The first-order valence-electron chi connectivity index (χ1n) is 9.40. The summed E-state index contributed by atoms with van der Waals surface area (Å²) in [6.45, 7) is 0. The van der Waals surface area contributed by atoms with Gasteiger partial charge in [0.2, 0.25) is 0 Å². The Morgan fingerprint density at radius 2 is 1.31 bits per heavy atom. The zero-order valence-electron chi connectivity index (χ0n) is 15.4. The summed E-state index contributed by atoms with van der Waals surface area (Å²) < 4.78 is 5.30. The number of aromatic amines is 2. The molecule has 6 rings (SSSR count). The lowest BCUT2D eigenvalue weighted by Gasteiger charge is -1.91. The minimum absolute atomic E-state index is 0.887. The van der Waals surface area contributed by atoms with Gasteiger partial charge in [-0.05, 0) is 72.8 Å². The summed E-state index contributed by atoms with van der Waals surface area (Å²) in [6.07, 6.45) is 11.5. The van der Waals surface area contributed by atoms with E-state index < -0.39 is 0 Å². The van der Waals surface area contributed by atoms with Crippen LogP contribution in [-0.4, -0.2) is 19.9 Å². The molecule has 4 aromatic rings. The molecule has 0 aromatic carbocycles. The second-order valence-corrected chi connectivity index (χ2v) is 7.10. The molecule has 0 saturated carbocycles. The van der Waals surface area contributed by atoms with E-state index in [1.165, 1.54) is 0 Å². The molecule has 0 fully saturated rings. The van der Waals surface area contributed by atoms with Gasteiger partial charge in [0, 0.05) is 33.2 Å². The minimum atomic E-state index is 0.887. The number of H-pyrrole nitrogens is 2.